The summed E-state index contributed by atoms with van der Waals surface area (Å²) in [7, 11) is 0. The van der Waals surface area contributed by atoms with E-state index in [1.807, 2.05) is 37.3 Å². The number of carbonyl (C=O) groups is 3. The third kappa shape index (κ3) is 9.14. The number of nitrogens with one attached hydrogen (secondary N) is 1. The predicted octanol–water partition coefficient (Wildman–Crippen LogP) is 3.29. The molecular weight excluding hydrogens is 342 g/mol. The number of amides is 1. The lowest BCUT2D eigenvalue weighted by atomic mass is 10.1. The summed E-state index contributed by atoms with van der Waals surface area (Å²) in [6, 6.07) is 8.09. The Morgan fingerprint density at radius 1 is 1.16 bits per heavy atom. The molecule has 6 nitrogen and oxygen atoms in total. The second kappa shape index (κ2) is 10.1. The van der Waals surface area contributed by atoms with Crippen LogP contribution in [0.15, 0.2) is 30.3 Å². The van der Waals surface area contributed by atoms with Crippen LogP contribution < -0.4 is 5.32 Å². The van der Waals surface area contributed by atoms with Gasteiger partial charge in [-0.1, -0.05) is 49.0 Å². The molecule has 1 aromatic rings. The van der Waals surface area contributed by atoms with Gasteiger partial charge in [-0.25, -0.2) is 9.59 Å². The highest BCUT2D eigenvalue weighted by Crippen LogP contribution is 2.13. The fourth-order valence-corrected chi connectivity index (χ4v) is 2.47. The molecule has 0 bridgehead atoms. The Labute approximate surface area is 152 Å². The predicted molar refractivity (Wildman–Crippen MR) is 97.2 cm³/mol. The molecule has 1 atom stereocenters. The molecule has 1 N–H and O–H groups in total. The Morgan fingerprint density at radius 2 is 1.80 bits per heavy atom. The van der Waals surface area contributed by atoms with E-state index in [9.17, 15) is 14.4 Å². The zero-order valence-electron chi connectivity index (χ0n) is 15.0. The molecule has 138 valence electrons. The lowest BCUT2D eigenvalue weighted by Crippen LogP contribution is -2.45. The minimum atomic E-state index is -1.07. The van der Waals surface area contributed by atoms with Crippen LogP contribution in [-0.2, 0) is 25.7 Å². The molecule has 25 heavy (non-hydrogen) atoms. The SMILES string of the molecule is CCSC(=O)C[C@H](NC(=O)OCc1ccccc1)C(=O)OC(C)(C)C. The molecule has 0 saturated carbocycles. The Kier molecular flexibility index (Phi) is 8.48. The summed E-state index contributed by atoms with van der Waals surface area (Å²) < 4.78 is 10.4. The number of hydrogen-bond acceptors (Lipinski definition) is 6. The molecule has 0 saturated heterocycles. The van der Waals surface area contributed by atoms with Gasteiger partial charge in [0.25, 0.3) is 0 Å². The number of rotatable bonds is 7. The third-order valence-corrected chi connectivity index (χ3v) is 3.65. The highest BCUT2D eigenvalue weighted by molar-refractivity contribution is 8.13. The Balaban J connectivity index is 2.65. The van der Waals surface area contributed by atoms with Crippen LogP contribution in [0.1, 0.15) is 39.7 Å². The van der Waals surface area contributed by atoms with Crippen molar-refractivity contribution in [1.29, 1.82) is 0 Å². The highest BCUT2D eigenvalue weighted by Gasteiger charge is 2.29. The third-order valence-electron chi connectivity index (χ3n) is 2.87. The number of esters is 1. The summed E-state index contributed by atoms with van der Waals surface area (Å²) in [5.74, 6) is -0.0626. The van der Waals surface area contributed by atoms with Crippen molar-refractivity contribution in [3.63, 3.8) is 0 Å². The van der Waals surface area contributed by atoms with Gasteiger partial charge in [-0.3, -0.25) is 4.79 Å². The van der Waals surface area contributed by atoms with E-state index >= 15 is 0 Å². The van der Waals surface area contributed by atoms with Crippen molar-refractivity contribution in [3.8, 4) is 0 Å². The van der Waals surface area contributed by atoms with Gasteiger partial charge in [-0.05, 0) is 32.1 Å². The van der Waals surface area contributed by atoms with E-state index in [0.717, 1.165) is 17.3 Å². The van der Waals surface area contributed by atoms with Crippen molar-refractivity contribution >= 4 is 28.9 Å². The molecule has 0 aliphatic carbocycles. The first-order valence-electron chi connectivity index (χ1n) is 8.07. The highest BCUT2D eigenvalue weighted by atomic mass is 32.2. The second-order valence-corrected chi connectivity index (χ2v) is 7.62. The van der Waals surface area contributed by atoms with E-state index in [0.29, 0.717) is 5.75 Å². The van der Waals surface area contributed by atoms with Crippen LogP contribution in [-0.4, -0.2) is 34.6 Å². The summed E-state index contributed by atoms with van der Waals surface area (Å²) in [6.45, 7) is 7.08. The van der Waals surface area contributed by atoms with E-state index in [1.54, 1.807) is 20.8 Å². The average Bonchev–Trinajstić information content (AvgIpc) is 2.52. The Hall–Kier alpha value is -2.02. The van der Waals surface area contributed by atoms with Gasteiger partial charge in [0.2, 0.25) is 0 Å². The van der Waals surface area contributed by atoms with Gasteiger partial charge >= 0.3 is 12.1 Å². The van der Waals surface area contributed by atoms with Crippen LogP contribution in [0.3, 0.4) is 0 Å². The van der Waals surface area contributed by atoms with Crippen molar-refractivity contribution in [1.82, 2.24) is 5.32 Å². The number of benzene rings is 1. The normalized spacial score (nSPS) is 12.2. The molecular formula is C18H25NO5S. The maximum absolute atomic E-state index is 12.3. The summed E-state index contributed by atoms with van der Waals surface area (Å²) in [6.07, 6.45) is -0.914. The minimum Gasteiger partial charge on any atom is -0.458 e. The van der Waals surface area contributed by atoms with Gasteiger partial charge in [-0.2, -0.15) is 0 Å². The first kappa shape index (κ1) is 21.0. The zero-order valence-corrected chi connectivity index (χ0v) is 15.9. The number of carbonyl (C=O) groups excluding carboxylic acids is 3. The summed E-state index contributed by atoms with van der Waals surface area (Å²) in [5.41, 5.74) is 0.107. The Bertz CT molecular complexity index is 583. The van der Waals surface area contributed by atoms with E-state index < -0.39 is 23.7 Å². The van der Waals surface area contributed by atoms with Gasteiger partial charge in [0.05, 0.1) is 0 Å². The van der Waals surface area contributed by atoms with Crippen LogP contribution in [0, 0.1) is 0 Å². The largest absolute Gasteiger partial charge is 0.458 e. The van der Waals surface area contributed by atoms with E-state index in [1.165, 1.54) is 0 Å². The number of alkyl carbamates (subject to hydrolysis) is 1. The molecule has 0 heterocycles. The fraction of sp³-hybridized carbons (Fsp3) is 0.500. The number of thioether (sulfide) groups is 1. The monoisotopic (exact) mass is 367 g/mol. The molecule has 0 spiro atoms. The van der Waals surface area contributed by atoms with Crippen LogP contribution in [0.5, 0.6) is 0 Å². The van der Waals surface area contributed by atoms with Gasteiger partial charge in [0, 0.05) is 6.42 Å². The second-order valence-electron chi connectivity index (χ2n) is 6.30. The molecule has 7 heteroatoms. The van der Waals surface area contributed by atoms with Crippen molar-refractivity contribution in [2.45, 2.75) is 52.4 Å². The van der Waals surface area contributed by atoms with Gasteiger partial charge in [-0.15, -0.1) is 0 Å². The zero-order chi connectivity index (χ0) is 18.9. The van der Waals surface area contributed by atoms with Crippen LogP contribution in [0.2, 0.25) is 0 Å². The lowest BCUT2D eigenvalue weighted by molar-refractivity contribution is -0.158. The van der Waals surface area contributed by atoms with Gasteiger partial charge in [0.15, 0.2) is 5.12 Å². The van der Waals surface area contributed by atoms with E-state index in [2.05, 4.69) is 5.32 Å². The van der Waals surface area contributed by atoms with Crippen LogP contribution in [0.25, 0.3) is 0 Å². The molecule has 0 radical (unpaired) electrons. The van der Waals surface area contributed by atoms with Gasteiger partial charge in [0.1, 0.15) is 18.2 Å². The topological polar surface area (TPSA) is 81.7 Å². The molecule has 0 aromatic heterocycles. The maximum Gasteiger partial charge on any atom is 0.408 e. The maximum atomic E-state index is 12.3. The molecule has 0 unspecified atom stereocenters. The van der Waals surface area contributed by atoms with E-state index in [4.69, 9.17) is 9.47 Å². The van der Waals surface area contributed by atoms with Crippen molar-refractivity contribution < 1.29 is 23.9 Å². The summed E-state index contributed by atoms with van der Waals surface area (Å²) in [5, 5.41) is 2.24. The quantitative estimate of drug-likeness (QED) is 0.745. The van der Waals surface area contributed by atoms with E-state index in [-0.39, 0.29) is 18.1 Å². The van der Waals surface area contributed by atoms with Crippen molar-refractivity contribution in [2.75, 3.05) is 5.75 Å². The van der Waals surface area contributed by atoms with Crippen LogP contribution in [0.4, 0.5) is 4.79 Å². The first-order valence-corrected chi connectivity index (χ1v) is 9.05. The molecule has 1 aromatic carbocycles. The summed E-state index contributed by atoms with van der Waals surface area (Å²) >= 11 is 1.09. The molecule has 1 amide bonds. The average molecular weight is 367 g/mol. The minimum absolute atomic E-state index is 0.0748. The standard InChI is InChI=1S/C18H25NO5S/c1-5-25-15(20)11-14(16(21)24-18(2,3)4)19-17(22)23-12-13-9-7-6-8-10-13/h6-10,14H,5,11-12H2,1-4H3,(H,19,22)/t14-/m0/s1. The summed E-state index contributed by atoms with van der Waals surface area (Å²) in [4.78, 5) is 36.1. The van der Waals surface area contributed by atoms with Crippen LogP contribution >= 0.6 is 11.8 Å². The van der Waals surface area contributed by atoms with Crippen molar-refractivity contribution in [2.24, 2.45) is 0 Å². The fourth-order valence-electron chi connectivity index (χ4n) is 1.86. The number of ether oxygens (including phenoxy) is 2. The van der Waals surface area contributed by atoms with Gasteiger partial charge < -0.3 is 14.8 Å². The Morgan fingerprint density at radius 3 is 2.36 bits per heavy atom. The first-order chi connectivity index (χ1) is 11.7. The van der Waals surface area contributed by atoms with Crippen molar-refractivity contribution in [3.05, 3.63) is 35.9 Å². The molecule has 1 rings (SSSR count). The molecule has 0 fully saturated rings. The number of hydrogen-bond donors (Lipinski definition) is 1. The smallest absolute Gasteiger partial charge is 0.408 e. The molecule has 0 aliphatic heterocycles. The lowest BCUT2D eigenvalue weighted by Gasteiger charge is -2.24. The molecule has 0 aliphatic rings.